The highest BCUT2D eigenvalue weighted by atomic mass is 16.5. The number of aliphatic hydroxyl groups excluding tert-OH is 1. The molecule has 0 spiro atoms. The Labute approximate surface area is 221 Å². The van der Waals surface area contributed by atoms with Gasteiger partial charge in [-0.05, 0) is 57.5 Å². The standard InChI is InChI=1S/C28H32N8O2/c1-17(2)35-16-24(25-10-11-29-28(32-25)31-13-18(3)37)26(34-35)21-12-23-19(4)33-36(27(23)30-14-21)15-20-6-8-22(38-5)9-7-20/h6-12,14,16-18,37H,13,15H2,1-5H3,(H,29,31,32)/t18-/m0/s1. The van der Waals surface area contributed by atoms with Crippen molar-refractivity contribution in [2.75, 3.05) is 19.0 Å². The number of methoxy groups -OCH3 is 1. The third-order valence-corrected chi connectivity index (χ3v) is 6.28. The molecule has 5 rings (SSSR count). The monoisotopic (exact) mass is 512 g/mol. The van der Waals surface area contributed by atoms with E-state index in [2.05, 4.69) is 35.2 Å². The first-order chi connectivity index (χ1) is 18.3. The molecule has 0 bridgehead atoms. The van der Waals surface area contributed by atoms with Crippen LogP contribution in [0, 0.1) is 6.92 Å². The summed E-state index contributed by atoms with van der Waals surface area (Å²) in [6.45, 7) is 8.86. The Morgan fingerprint density at radius 3 is 2.55 bits per heavy atom. The Morgan fingerprint density at radius 2 is 1.84 bits per heavy atom. The minimum Gasteiger partial charge on any atom is -0.497 e. The van der Waals surface area contributed by atoms with E-state index in [-0.39, 0.29) is 6.04 Å². The summed E-state index contributed by atoms with van der Waals surface area (Å²) in [6, 6.07) is 12.1. The highest BCUT2D eigenvalue weighted by Gasteiger charge is 2.19. The van der Waals surface area contributed by atoms with Crippen LogP contribution in [0.5, 0.6) is 5.75 Å². The molecule has 4 heterocycles. The number of rotatable bonds is 9. The van der Waals surface area contributed by atoms with Crippen molar-refractivity contribution < 1.29 is 9.84 Å². The zero-order chi connectivity index (χ0) is 26.8. The summed E-state index contributed by atoms with van der Waals surface area (Å²) < 4.78 is 9.13. The van der Waals surface area contributed by atoms with E-state index in [4.69, 9.17) is 19.9 Å². The normalized spacial score (nSPS) is 12.3. The number of aromatic nitrogens is 7. The second-order valence-corrected chi connectivity index (χ2v) is 9.65. The quantitative estimate of drug-likeness (QED) is 0.297. The van der Waals surface area contributed by atoms with E-state index < -0.39 is 6.10 Å². The van der Waals surface area contributed by atoms with Gasteiger partial charge in [0.15, 0.2) is 5.65 Å². The summed E-state index contributed by atoms with van der Waals surface area (Å²) in [7, 11) is 1.66. The lowest BCUT2D eigenvalue weighted by Gasteiger charge is -2.08. The van der Waals surface area contributed by atoms with Crippen LogP contribution in [0.1, 0.15) is 38.1 Å². The van der Waals surface area contributed by atoms with E-state index in [0.29, 0.717) is 19.0 Å². The van der Waals surface area contributed by atoms with Gasteiger partial charge in [0.25, 0.3) is 0 Å². The summed E-state index contributed by atoms with van der Waals surface area (Å²) in [5.74, 6) is 1.28. The van der Waals surface area contributed by atoms with Gasteiger partial charge in [0, 0.05) is 47.7 Å². The predicted octanol–water partition coefficient (Wildman–Crippen LogP) is 4.49. The van der Waals surface area contributed by atoms with Crippen molar-refractivity contribution >= 4 is 17.0 Å². The van der Waals surface area contributed by atoms with Gasteiger partial charge in [0.1, 0.15) is 11.4 Å². The van der Waals surface area contributed by atoms with E-state index in [0.717, 1.165) is 50.6 Å². The zero-order valence-electron chi connectivity index (χ0n) is 22.3. The van der Waals surface area contributed by atoms with Crippen molar-refractivity contribution in [3.05, 3.63) is 66.2 Å². The number of anilines is 1. The molecule has 38 heavy (non-hydrogen) atoms. The number of nitrogens with one attached hydrogen (secondary N) is 1. The molecule has 196 valence electrons. The topological polar surface area (TPSA) is 116 Å². The molecule has 10 heteroatoms. The number of nitrogens with zero attached hydrogens (tertiary/aromatic N) is 7. The fourth-order valence-electron chi connectivity index (χ4n) is 4.25. The number of fused-ring (bicyclic) bond motifs is 1. The van der Waals surface area contributed by atoms with E-state index >= 15 is 0 Å². The molecule has 0 saturated heterocycles. The van der Waals surface area contributed by atoms with Crippen molar-refractivity contribution in [3.8, 4) is 28.3 Å². The van der Waals surface area contributed by atoms with Crippen molar-refractivity contribution in [3.63, 3.8) is 0 Å². The molecule has 2 N–H and O–H groups in total. The second-order valence-electron chi connectivity index (χ2n) is 9.65. The molecule has 0 radical (unpaired) electrons. The average molecular weight is 513 g/mol. The summed E-state index contributed by atoms with van der Waals surface area (Å²) >= 11 is 0. The molecular weight excluding hydrogens is 480 g/mol. The SMILES string of the molecule is COc1ccc(Cn2nc(C)c3cc(-c4nn(C(C)C)cc4-c4ccnc(NC[C@H](C)O)n4)cnc32)cc1. The van der Waals surface area contributed by atoms with Crippen LogP contribution in [-0.4, -0.2) is 59.4 Å². The van der Waals surface area contributed by atoms with Gasteiger partial charge < -0.3 is 15.2 Å². The zero-order valence-corrected chi connectivity index (χ0v) is 22.3. The summed E-state index contributed by atoms with van der Waals surface area (Å²) in [6.07, 6.45) is 5.05. The first kappa shape index (κ1) is 25.3. The molecule has 0 saturated carbocycles. The number of aryl methyl sites for hydroxylation is 1. The van der Waals surface area contributed by atoms with Crippen LogP contribution in [0.4, 0.5) is 5.95 Å². The van der Waals surface area contributed by atoms with Crippen LogP contribution >= 0.6 is 0 Å². The highest BCUT2D eigenvalue weighted by molar-refractivity contribution is 5.86. The summed E-state index contributed by atoms with van der Waals surface area (Å²) in [4.78, 5) is 13.8. The Bertz CT molecular complexity index is 1550. The molecule has 0 aliphatic heterocycles. The number of pyridine rings is 1. The van der Waals surface area contributed by atoms with Crippen molar-refractivity contribution in [1.29, 1.82) is 0 Å². The number of hydrogen-bond acceptors (Lipinski definition) is 8. The molecule has 1 atom stereocenters. The fraction of sp³-hybridized carbons (Fsp3) is 0.321. The minimum absolute atomic E-state index is 0.169. The maximum absolute atomic E-state index is 9.62. The second kappa shape index (κ2) is 10.6. The van der Waals surface area contributed by atoms with Gasteiger partial charge in [-0.15, -0.1) is 0 Å². The van der Waals surface area contributed by atoms with Crippen LogP contribution in [0.3, 0.4) is 0 Å². The molecule has 5 aromatic rings. The lowest BCUT2D eigenvalue weighted by Crippen LogP contribution is -2.16. The maximum Gasteiger partial charge on any atom is 0.223 e. The highest BCUT2D eigenvalue weighted by Crippen LogP contribution is 2.33. The lowest BCUT2D eigenvalue weighted by molar-refractivity contribution is 0.208. The van der Waals surface area contributed by atoms with Crippen LogP contribution < -0.4 is 10.1 Å². The van der Waals surface area contributed by atoms with E-state index in [1.807, 2.05) is 59.0 Å². The van der Waals surface area contributed by atoms with Gasteiger partial charge in [0.05, 0.1) is 31.1 Å². The Morgan fingerprint density at radius 1 is 1.05 bits per heavy atom. The van der Waals surface area contributed by atoms with Gasteiger partial charge in [0.2, 0.25) is 5.95 Å². The molecule has 1 aromatic carbocycles. The van der Waals surface area contributed by atoms with Gasteiger partial charge in [-0.3, -0.25) is 4.68 Å². The largest absolute Gasteiger partial charge is 0.497 e. The first-order valence-electron chi connectivity index (χ1n) is 12.6. The maximum atomic E-state index is 9.62. The predicted molar refractivity (Wildman–Crippen MR) is 147 cm³/mol. The van der Waals surface area contributed by atoms with Gasteiger partial charge >= 0.3 is 0 Å². The van der Waals surface area contributed by atoms with Gasteiger partial charge in [-0.2, -0.15) is 10.2 Å². The van der Waals surface area contributed by atoms with Crippen molar-refractivity contribution in [2.45, 2.75) is 46.4 Å². The van der Waals surface area contributed by atoms with Crippen molar-refractivity contribution in [1.82, 2.24) is 34.5 Å². The molecule has 0 aliphatic carbocycles. The van der Waals surface area contributed by atoms with Crippen LogP contribution in [0.2, 0.25) is 0 Å². The minimum atomic E-state index is -0.506. The Kier molecular flexibility index (Phi) is 7.06. The molecule has 0 unspecified atom stereocenters. The van der Waals surface area contributed by atoms with Crippen molar-refractivity contribution in [2.24, 2.45) is 0 Å². The Hall–Kier alpha value is -4.31. The van der Waals surface area contributed by atoms with Gasteiger partial charge in [-0.1, -0.05) is 12.1 Å². The fourth-order valence-corrected chi connectivity index (χ4v) is 4.25. The average Bonchev–Trinajstić information content (AvgIpc) is 3.50. The van der Waals surface area contributed by atoms with E-state index in [1.165, 1.54) is 0 Å². The number of benzene rings is 1. The molecular formula is C28H32N8O2. The number of aliphatic hydroxyl groups is 1. The smallest absolute Gasteiger partial charge is 0.223 e. The third kappa shape index (κ3) is 5.21. The molecule has 0 aliphatic rings. The van der Waals surface area contributed by atoms with Crippen LogP contribution in [-0.2, 0) is 6.54 Å². The summed E-state index contributed by atoms with van der Waals surface area (Å²) in [5, 5.41) is 23.3. The number of ether oxygens (including phenoxy) is 1. The lowest BCUT2D eigenvalue weighted by atomic mass is 10.1. The molecule has 0 fully saturated rings. The van der Waals surface area contributed by atoms with E-state index in [1.54, 1.807) is 20.2 Å². The third-order valence-electron chi connectivity index (χ3n) is 6.28. The molecule has 0 amide bonds. The Balaban J connectivity index is 1.53. The number of hydrogen-bond donors (Lipinski definition) is 2. The molecule has 4 aromatic heterocycles. The van der Waals surface area contributed by atoms with Crippen LogP contribution in [0.25, 0.3) is 33.5 Å². The summed E-state index contributed by atoms with van der Waals surface area (Å²) in [5.41, 5.74) is 6.13. The molecule has 10 nitrogen and oxygen atoms in total. The first-order valence-corrected chi connectivity index (χ1v) is 12.6. The van der Waals surface area contributed by atoms with Crippen LogP contribution in [0.15, 0.2) is 55.0 Å². The van der Waals surface area contributed by atoms with E-state index in [9.17, 15) is 5.11 Å². The van der Waals surface area contributed by atoms with Gasteiger partial charge in [-0.25, -0.2) is 19.6 Å².